The molecule has 19 heavy (non-hydrogen) atoms. The van der Waals surface area contributed by atoms with Crippen molar-refractivity contribution >= 4 is 32.7 Å². The minimum Gasteiger partial charge on any atom is -0.248 e. The number of sulfonamides is 1. The first-order valence-corrected chi connectivity index (χ1v) is 9.25. The van der Waals surface area contributed by atoms with Crippen LogP contribution in [0, 0.1) is 0 Å². The number of hydrogen-bond donors (Lipinski definition) is 1. The summed E-state index contributed by atoms with van der Waals surface area (Å²) in [5, 5.41) is 2.66. The highest BCUT2D eigenvalue weighted by atomic mass is 32.2. The molecule has 1 atom stereocenters. The zero-order chi connectivity index (χ0) is 13.9. The third kappa shape index (κ3) is 3.42. The molecule has 0 aliphatic rings. The number of aromatic nitrogens is 1. The van der Waals surface area contributed by atoms with Gasteiger partial charge >= 0.3 is 0 Å². The maximum Gasteiger partial charge on any atom is 0.250 e. The summed E-state index contributed by atoms with van der Waals surface area (Å²) >= 11 is 2.79. The number of aryl methyl sites for hydroxylation is 1. The quantitative estimate of drug-likeness (QED) is 0.890. The lowest BCUT2D eigenvalue weighted by molar-refractivity contribution is 0.551. The van der Waals surface area contributed by atoms with E-state index in [0.717, 1.165) is 16.3 Å². The van der Waals surface area contributed by atoms with Crippen LogP contribution in [-0.2, 0) is 16.4 Å². The summed E-state index contributed by atoms with van der Waals surface area (Å²) in [6, 6.07) is 3.28. The third-order valence-corrected chi connectivity index (χ3v) is 6.79. The lowest BCUT2D eigenvalue weighted by atomic mass is 10.3. The van der Waals surface area contributed by atoms with Crippen LogP contribution in [0.4, 0.5) is 0 Å². The minimum absolute atomic E-state index is 0.253. The predicted molar refractivity (Wildman–Crippen MR) is 79.2 cm³/mol. The largest absolute Gasteiger partial charge is 0.250 e. The van der Waals surface area contributed by atoms with Crippen LogP contribution in [0.2, 0.25) is 0 Å². The number of thiophene rings is 1. The standard InChI is InChI=1S/C12H16N2O2S3/c1-3-9-5-6-11(18-9)19(15,16)14-10(4-2)12-13-7-8-17-12/h5-8,10,14H,3-4H2,1-2H3. The van der Waals surface area contributed by atoms with E-state index >= 15 is 0 Å². The van der Waals surface area contributed by atoms with Crippen LogP contribution in [0.5, 0.6) is 0 Å². The molecule has 0 saturated carbocycles. The molecule has 0 saturated heterocycles. The zero-order valence-corrected chi connectivity index (χ0v) is 13.2. The summed E-state index contributed by atoms with van der Waals surface area (Å²) in [7, 11) is -3.45. The molecule has 104 valence electrons. The first-order chi connectivity index (χ1) is 9.06. The SMILES string of the molecule is CCc1ccc(S(=O)(=O)NC(CC)c2nccs2)s1. The van der Waals surface area contributed by atoms with Gasteiger partial charge in [-0.3, -0.25) is 0 Å². The minimum atomic E-state index is -3.45. The Morgan fingerprint density at radius 2 is 2.16 bits per heavy atom. The van der Waals surface area contributed by atoms with E-state index in [0.29, 0.717) is 10.6 Å². The van der Waals surface area contributed by atoms with Crippen LogP contribution in [-0.4, -0.2) is 13.4 Å². The van der Waals surface area contributed by atoms with E-state index in [1.54, 1.807) is 12.3 Å². The molecule has 0 aliphatic carbocycles. The van der Waals surface area contributed by atoms with E-state index in [4.69, 9.17) is 0 Å². The van der Waals surface area contributed by atoms with Crippen LogP contribution in [0.3, 0.4) is 0 Å². The van der Waals surface area contributed by atoms with Gasteiger partial charge in [0.15, 0.2) is 0 Å². The van der Waals surface area contributed by atoms with Crippen molar-refractivity contribution in [3.63, 3.8) is 0 Å². The van der Waals surface area contributed by atoms with Gasteiger partial charge in [0.2, 0.25) is 0 Å². The van der Waals surface area contributed by atoms with Gasteiger partial charge in [-0.15, -0.1) is 22.7 Å². The Kier molecular flexibility index (Phi) is 4.72. The topological polar surface area (TPSA) is 59.1 Å². The average Bonchev–Trinajstić information content (AvgIpc) is 3.06. The van der Waals surface area contributed by atoms with Crippen molar-refractivity contribution in [1.82, 2.24) is 9.71 Å². The maximum absolute atomic E-state index is 12.3. The molecule has 2 rings (SSSR count). The molecule has 0 aromatic carbocycles. The summed E-state index contributed by atoms with van der Waals surface area (Å²) in [5.74, 6) is 0. The van der Waals surface area contributed by atoms with Gasteiger partial charge < -0.3 is 0 Å². The van der Waals surface area contributed by atoms with Crippen molar-refractivity contribution < 1.29 is 8.42 Å². The van der Waals surface area contributed by atoms with Crippen LogP contribution >= 0.6 is 22.7 Å². The molecular weight excluding hydrogens is 300 g/mol. The van der Waals surface area contributed by atoms with Gasteiger partial charge in [-0.1, -0.05) is 13.8 Å². The number of nitrogens with zero attached hydrogens (tertiary/aromatic N) is 1. The lowest BCUT2D eigenvalue weighted by Gasteiger charge is -2.13. The monoisotopic (exact) mass is 316 g/mol. The van der Waals surface area contributed by atoms with Crippen LogP contribution < -0.4 is 4.72 Å². The Morgan fingerprint density at radius 3 is 2.68 bits per heavy atom. The number of hydrogen-bond acceptors (Lipinski definition) is 5. The van der Waals surface area contributed by atoms with E-state index < -0.39 is 10.0 Å². The van der Waals surface area contributed by atoms with Crippen LogP contribution in [0.15, 0.2) is 27.9 Å². The molecule has 0 radical (unpaired) electrons. The summed E-state index contributed by atoms with van der Waals surface area (Å²) < 4.78 is 27.7. The van der Waals surface area contributed by atoms with Gasteiger partial charge in [-0.25, -0.2) is 18.1 Å². The van der Waals surface area contributed by atoms with E-state index in [1.807, 2.05) is 25.3 Å². The highest BCUT2D eigenvalue weighted by Gasteiger charge is 2.23. The molecule has 7 heteroatoms. The molecule has 1 N–H and O–H groups in total. The molecule has 2 heterocycles. The molecule has 0 bridgehead atoms. The molecule has 2 aromatic rings. The number of rotatable bonds is 6. The zero-order valence-electron chi connectivity index (χ0n) is 10.8. The molecule has 0 aliphatic heterocycles. The van der Waals surface area contributed by atoms with Gasteiger partial charge in [0.1, 0.15) is 9.22 Å². The third-order valence-electron chi connectivity index (χ3n) is 2.71. The van der Waals surface area contributed by atoms with E-state index in [1.165, 1.54) is 22.7 Å². The smallest absolute Gasteiger partial charge is 0.248 e. The second kappa shape index (κ2) is 6.13. The fourth-order valence-electron chi connectivity index (χ4n) is 1.65. The normalized spacial score (nSPS) is 13.6. The number of nitrogens with one attached hydrogen (secondary N) is 1. The highest BCUT2D eigenvalue weighted by Crippen LogP contribution is 2.26. The van der Waals surface area contributed by atoms with Gasteiger partial charge in [-0.05, 0) is 25.0 Å². The molecular formula is C12H16N2O2S3. The Bertz CT molecular complexity index is 617. The molecule has 0 amide bonds. The number of thiazole rings is 1. The Hall–Kier alpha value is -0.760. The van der Waals surface area contributed by atoms with Crippen molar-refractivity contribution in [2.45, 2.75) is 36.9 Å². The Balaban J connectivity index is 2.20. The highest BCUT2D eigenvalue weighted by molar-refractivity contribution is 7.91. The molecule has 2 aromatic heterocycles. The van der Waals surface area contributed by atoms with Crippen LogP contribution in [0.1, 0.15) is 36.2 Å². The summed E-state index contributed by atoms with van der Waals surface area (Å²) in [6.45, 7) is 3.96. The van der Waals surface area contributed by atoms with Crippen molar-refractivity contribution in [2.24, 2.45) is 0 Å². The molecule has 1 unspecified atom stereocenters. The van der Waals surface area contributed by atoms with Gasteiger partial charge in [0.25, 0.3) is 10.0 Å². The average molecular weight is 316 g/mol. The summed E-state index contributed by atoms with van der Waals surface area (Å²) in [5.41, 5.74) is 0. The first kappa shape index (κ1) is 14.6. The molecule has 0 spiro atoms. The van der Waals surface area contributed by atoms with Gasteiger partial charge in [0, 0.05) is 16.5 Å². The summed E-state index contributed by atoms with van der Waals surface area (Å²) in [6.07, 6.45) is 3.22. The van der Waals surface area contributed by atoms with Gasteiger partial charge in [0.05, 0.1) is 6.04 Å². The van der Waals surface area contributed by atoms with Crippen molar-refractivity contribution in [2.75, 3.05) is 0 Å². The second-order valence-corrected chi connectivity index (χ2v) is 8.06. The molecule has 0 fully saturated rings. The Morgan fingerprint density at radius 1 is 1.37 bits per heavy atom. The maximum atomic E-state index is 12.3. The van der Waals surface area contributed by atoms with Gasteiger partial charge in [-0.2, -0.15) is 0 Å². The molecule has 4 nitrogen and oxygen atoms in total. The van der Waals surface area contributed by atoms with Crippen molar-refractivity contribution in [1.29, 1.82) is 0 Å². The van der Waals surface area contributed by atoms with Crippen molar-refractivity contribution in [3.8, 4) is 0 Å². The fraction of sp³-hybridized carbons (Fsp3) is 0.417. The first-order valence-electron chi connectivity index (χ1n) is 6.07. The van der Waals surface area contributed by atoms with E-state index in [2.05, 4.69) is 9.71 Å². The van der Waals surface area contributed by atoms with Crippen LogP contribution in [0.25, 0.3) is 0 Å². The summed E-state index contributed by atoms with van der Waals surface area (Å²) in [4.78, 5) is 5.25. The Labute approximate surface area is 121 Å². The predicted octanol–water partition coefficient (Wildman–Crippen LogP) is 3.20. The van der Waals surface area contributed by atoms with E-state index in [9.17, 15) is 8.42 Å². The fourth-order valence-corrected chi connectivity index (χ4v) is 5.10. The van der Waals surface area contributed by atoms with Crippen molar-refractivity contribution in [3.05, 3.63) is 33.6 Å². The lowest BCUT2D eigenvalue weighted by Crippen LogP contribution is -2.27. The second-order valence-electron chi connectivity index (χ2n) is 4.03. The van der Waals surface area contributed by atoms with E-state index in [-0.39, 0.29) is 6.04 Å².